The van der Waals surface area contributed by atoms with Crippen LogP contribution in [0, 0.1) is 13.8 Å². The molecule has 38 heavy (non-hydrogen) atoms. The molecule has 4 heterocycles. The molecule has 0 saturated carbocycles. The number of phenolic OH excluding ortho intramolecular Hbond substituents is 1. The maximum Gasteiger partial charge on any atom is 0.256 e. The Morgan fingerprint density at radius 3 is 2.68 bits per heavy atom. The van der Waals surface area contributed by atoms with E-state index in [0.29, 0.717) is 30.2 Å². The van der Waals surface area contributed by atoms with E-state index in [4.69, 9.17) is 9.26 Å². The van der Waals surface area contributed by atoms with Crippen LogP contribution in [-0.2, 0) is 19.5 Å². The molecule has 0 saturated heterocycles. The van der Waals surface area contributed by atoms with Gasteiger partial charge >= 0.3 is 0 Å². The van der Waals surface area contributed by atoms with Crippen LogP contribution >= 0.6 is 0 Å². The lowest BCUT2D eigenvalue weighted by Crippen LogP contribution is -2.30. The van der Waals surface area contributed by atoms with Crippen molar-refractivity contribution < 1.29 is 14.4 Å². The van der Waals surface area contributed by atoms with E-state index >= 15 is 0 Å². The molecule has 1 aliphatic rings. The molecule has 192 valence electrons. The number of ether oxygens (including phenoxy) is 1. The minimum absolute atomic E-state index is 0.0671. The summed E-state index contributed by atoms with van der Waals surface area (Å²) < 4.78 is 13.0. The third-order valence-electron chi connectivity index (χ3n) is 7.25. The molecule has 0 aliphatic carbocycles. The molecule has 1 aliphatic heterocycles. The summed E-state index contributed by atoms with van der Waals surface area (Å²) in [4.78, 5) is 20.6. The van der Waals surface area contributed by atoms with Gasteiger partial charge in [-0.05, 0) is 73.7 Å². The Morgan fingerprint density at radius 2 is 1.95 bits per heavy atom. The molecule has 0 bridgehead atoms. The molecule has 8 nitrogen and oxygen atoms in total. The number of rotatable bonds is 6. The number of methoxy groups -OCH3 is 1. The predicted molar refractivity (Wildman–Crippen MR) is 146 cm³/mol. The van der Waals surface area contributed by atoms with Gasteiger partial charge in [-0.25, -0.2) is 0 Å². The molecule has 0 spiro atoms. The van der Waals surface area contributed by atoms with Crippen molar-refractivity contribution >= 4 is 16.6 Å². The van der Waals surface area contributed by atoms with Gasteiger partial charge in [-0.1, -0.05) is 11.2 Å². The number of anilines is 1. The molecule has 0 unspecified atom stereocenters. The summed E-state index contributed by atoms with van der Waals surface area (Å²) >= 11 is 0. The van der Waals surface area contributed by atoms with Crippen molar-refractivity contribution in [2.24, 2.45) is 0 Å². The van der Waals surface area contributed by atoms with E-state index in [9.17, 15) is 9.90 Å². The highest BCUT2D eigenvalue weighted by molar-refractivity contribution is 5.90. The molecule has 2 aromatic carbocycles. The van der Waals surface area contributed by atoms with Gasteiger partial charge in [0.25, 0.3) is 5.56 Å². The van der Waals surface area contributed by atoms with Gasteiger partial charge in [-0.15, -0.1) is 0 Å². The summed E-state index contributed by atoms with van der Waals surface area (Å²) in [6.07, 6.45) is 2.56. The maximum absolute atomic E-state index is 14.0. The molecule has 0 amide bonds. The van der Waals surface area contributed by atoms with Gasteiger partial charge in [0.1, 0.15) is 17.3 Å². The fourth-order valence-corrected chi connectivity index (χ4v) is 5.45. The van der Waals surface area contributed by atoms with Crippen LogP contribution in [0.1, 0.15) is 28.3 Å². The lowest BCUT2D eigenvalue weighted by atomic mass is 9.99. The Morgan fingerprint density at radius 1 is 1.08 bits per heavy atom. The molecule has 0 fully saturated rings. The second kappa shape index (κ2) is 9.37. The summed E-state index contributed by atoms with van der Waals surface area (Å²) in [5, 5.41) is 14.9. The first-order valence-corrected chi connectivity index (χ1v) is 12.6. The highest BCUT2D eigenvalue weighted by atomic mass is 16.5. The summed E-state index contributed by atoms with van der Waals surface area (Å²) in [7, 11) is 1.63. The molecule has 0 radical (unpaired) electrons. The van der Waals surface area contributed by atoms with Crippen LogP contribution in [0.5, 0.6) is 11.5 Å². The largest absolute Gasteiger partial charge is 0.508 e. The third-order valence-corrected chi connectivity index (χ3v) is 7.25. The van der Waals surface area contributed by atoms with Gasteiger partial charge in [-0.2, -0.15) is 0 Å². The molecular weight excluding hydrogens is 480 g/mol. The molecule has 1 N–H and O–H groups in total. The number of aromatic nitrogens is 3. The van der Waals surface area contributed by atoms with Crippen LogP contribution in [0.15, 0.2) is 70.1 Å². The van der Waals surface area contributed by atoms with E-state index in [1.54, 1.807) is 30.0 Å². The second-order valence-corrected chi connectivity index (χ2v) is 9.68. The normalized spacial score (nSPS) is 12.8. The van der Waals surface area contributed by atoms with E-state index in [2.05, 4.69) is 21.1 Å². The number of aryl methyl sites for hydroxylation is 2. The first-order chi connectivity index (χ1) is 18.4. The van der Waals surface area contributed by atoms with Gasteiger partial charge in [0.15, 0.2) is 0 Å². The zero-order chi connectivity index (χ0) is 26.4. The van der Waals surface area contributed by atoms with Crippen LogP contribution in [0.4, 0.5) is 5.69 Å². The van der Waals surface area contributed by atoms with E-state index in [0.717, 1.165) is 57.6 Å². The Labute approximate surface area is 219 Å². The quantitative estimate of drug-likeness (QED) is 0.345. The van der Waals surface area contributed by atoms with Gasteiger partial charge < -0.3 is 23.8 Å². The highest BCUT2D eigenvalue weighted by Gasteiger charge is 2.23. The fourth-order valence-electron chi connectivity index (χ4n) is 5.45. The lowest BCUT2D eigenvalue weighted by Gasteiger charge is -2.21. The van der Waals surface area contributed by atoms with Crippen LogP contribution in [-0.4, -0.2) is 33.5 Å². The molecule has 8 heteroatoms. The minimum atomic E-state index is -0.0671. The smallest absolute Gasteiger partial charge is 0.256 e. The Bertz CT molecular complexity index is 1700. The van der Waals surface area contributed by atoms with Crippen molar-refractivity contribution in [3.05, 3.63) is 99.4 Å². The monoisotopic (exact) mass is 508 g/mol. The first-order valence-electron chi connectivity index (χ1n) is 12.6. The van der Waals surface area contributed by atoms with E-state index in [1.165, 1.54) is 0 Å². The van der Waals surface area contributed by atoms with E-state index < -0.39 is 0 Å². The number of nitrogens with zero attached hydrogens (tertiary/aromatic N) is 4. The summed E-state index contributed by atoms with van der Waals surface area (Å²) in [6.45, 7) is 5.37. The Hall–Kier alpha value is -4.59. The zero-order valence-electron chi connectivity index (χ0n) is 21.6. The van der Waals surface area contributed by atoms with Gasteiger partial charge in [0, 0.05) is 42.2 Å². The number of benzene rings is 2. The third kappa shape index (κ3) is 4.08. The summed E-state index contributed by atoms with van der Waals surface area (Å²) in [5.74, 6) is 1.61. The van der Waals surface area contributed by atoms with Crippen molar-refractivity contribution in [2.45, 2.75) is 33.4 Å². The van der Waals surface area contributed by atoms with Crippen molar-refractivity contribution in [2.75, 3.05) is 18.6 Å². The Balaban J connectivity index is 1.53. The molecule has 3 aromatic heterocycles. The van der Waals surface area contributed by atoms with Gasteiger partial charge in [0.05, 0.1) is 36.1 Å². The van der Waals surface area contributed by atoms with Crippen molar-refractivity contribution in [1.29, 1.82) is 0 Å². The highest BCUT2D eigenvalue weighted by Crippen LogP contribution is 2.38. The average Bonchev–Trinajstić information content (AvgIpc) is 3.47. The van der Waals surface area contributed by atoms with Gasteiger partial charge in [-0.3, -0.25) is 9.78 Å². The molecule has 6 rings (SSSR count). The number of aromatic hydroxyl groups is 1. The maximum atomic E-state index is 14.0. The number of phenols is 1. The molecule has 5 aromatic rings. The van der Waals surface area contributed by atoms with Crippen LogP contribution in [0.2, 0.25) is 0 Å². The summed E-state index contributed by atoms with van der Waals surface area (Å²) in [5.41, 5.74) is 6.85. The van der Waals surface area contributed by atoms with E-state index in [-0.39, 0.29) is 11.3 Å². The summed E-state index contributed by atoms with van der Waals surface area (Å²) in [6, 6.07) is 17.1. The van der Waals surface area contributed by atoms with Crippen LogP contribution in [0.25, 0.3) is 22.0 Å². The first kappa shape index (κ1) is 23.8. The standard InChI is InChI=1S/C30H28N4O4/c1-18-29(19(2)38-32-18)25-14-21-12-22(16-33-11-9-20-13-24(35)7-8-26(20)33)30(36)34(27(21)15-28(25)37-3)17-23-6-4-5-10-31-23/h4-8,10,12-15,35H,9,11,16-17H2,1-3H3. The lowest BCUT2D eigenvalue weighted by molar-refractivity contribution is 0.393. The zero-order valence-corrected chi connectivity index (χ0v) is 21.6. The Kier molecular flexibility index (Phi) is 5.87. The fraction of sp³-hybridized carbons (Fsp3) is 0.233. The van der Waals surface area contributed by atoms with Crippen molar-refractivity contribution in [1.82, 2.24) is 14.7 Å². The average molecular weight is 509 g/mol. The van der Waals surface area contributed by atoms with Crippen LogP contribution < -0.4 is 15.2 Å². The predicted octanol–water partition coefficient (Wildman–Crippen LogP) is 4.99. The van der Waals surface area contributed by atoms with Crippen molar-refractivity contribution in [3.8, 4) is 22.6 Å². The molecular formula is C30H28N4O4. The van der Waals surface area contributed by atoms with Crippen LogP contribution in [0.3, 0.4) is 0 Å². The number of hydrogen-bond acceptors (Lipinski definition) is 7. The second-order valence-electron chi connectivity index (χ2n) is 9.68. The number of pyridine rings is 2. The number of hydrogen-bond donors (Lipinski definition) is 1. The van der Waals surface area contributed by atoms with Crippen molar-refractivity contribution in [3.63, 3.8) is 0 Å². The molecule has 0 atom stereocenters. The van der Waals surface area contributed by atoms with E-state index in [1.807, 2.05) is 50.2 Å². The van der Waals surface area contributed by atoms with Gasteiger partial charge in [0.2, 0.25) is 0 Å². The number of fused-ring (bicyclic) bond motifs is 2. The topological polar surface area (TPSA) is 93.6 Å². The minimum Gasteiger partial charge on any atom is -0.508 e. The SMILES string of the molecule is COc1cc2c(cc1-c1c(C)noc1C)cc(CN1CCc3cc(O)ccc31)c(=O)n2Cc1ccccn1.